The van der Waals surface area contributed by atoms with E-state index in [1.165, 1.54) is 63.8 Å². The van der Waals surface area contributed by atoms with Gasteiger partial charge in [-0.15, -0.1) is 0 Å². The van der Waals surface area contributed by atoms with E-state index >= 15 is 4.32 Å². The van der Waals surface area contributed by atoms with Crippen LogP contribution < -0.4 is 0 Å². The highest BCUT2D eigenvalue weighted by atomic mass is 127. The maximum atomic E-state index is 16.3. The van der Waals surface area contributed by atoms with Gasteiger partial charge in [-0.3, -0.25) is 9.22 Å². The average molecular weight is 666 g/mol. The Bertz CT molecular complexity index is 1230. The fourth-order valence-electron chi connectivity index (χ4n) is 5.92. The summed E-state index contributed by atoms with van der Waals surface area (Å²) in [4.78, 5) is 4.77. The highest BCUT2D eigenvalue weighted by Crippen LogP contribution is 2.42. The second kappa shape index (κ2) is 9.28. The zero-order valence-corrected chi connectivity index (χ0v) is 24.2. The predicted molar refractivity (Wildman–Crippen MR) is 155 cm³/mol. The van der Waals surface area contributed by atoms with Crippen molar-refractivity contribution >= 4 is 63.7 Å². The molecule has 6 heteroatoms. The molecule has 0 amide bonds. The molecule has 2 heterocycles. The van der Waals surface area contributed by atoms with Gasteiger partial charge in [0.2, 0.25) is 0 Å². The molecule has 0 unspecified atom stereocenters. The van der Waals surface area contributed by atoms with Crippen LogP contribution in [0.2, 0.25) is 0 Å². The molecule has 2 aromatic rings. The molecule has 0 N–H and O–H groups in total. The summed E-state index contributed by atoms with van der Waals surface area (Å²) >= 11 is 4.89. The van der Waals surface area contributed by atoms with Gasteiger partial charge in [-0.05, 0) is 175 Å². The van der Waals surface area contributed by atoms with Crippen LogP contribution in [-0.4, -0.2) is 17.4 Å². The van der Waals surface area contributed by atoms with Gasteiger partial charge in [-0.2, -0.15) is 0 Å². The second-order valence-electron chi connectivity index (χ2n) is 9.74. The number of benzene rings is 1. The summed E-state index contributed by atoms with van der Waals surface area (Å²) in [5.41, 5.74) is 13.3. The van der Waals surface area contributed by atoms with E-state index < -0.39 is 7.26 Å². The van der Waals surface area contributed by atoms with Crippen LogP contribution in [0.3, 0.4) is 0 Å². The third kappa shape index (κ3) is 4.01. The Morgan fingerprint density at radius 3 is 2.21 bits per heavy atom. The van der Waals surface area contributed by atoms with Crippen LogP contribution in [0.25, 0.3) is 5.57 Å². The predicted octanol–water partition coefficient (Wildman–Crippen LogP) is 8.16. The number of nitrogens with zero attached hydrogens (tertiary/aromatic N) is 2. The van der Waals surface area contributed by atoms with E-state index in [0.29, 0.717) is 0 Å². The quantitative estimate of drug-likeness (QED) is 0.216. The zero-order chi connectivity index (χ0) is 23.4. The van der Waals surface area contributed by atoms with Crippen molar-refractivity contribution in [1.29, 1.82) is 0 Å². The number of rotatable bonds is 1. The lowest BCUT2D eigenvalue weighted by Gasteiger charge is -2.22. The van der Waals surface area contributed by atoms with Gasteiger partial charge in [0.15, 0.2) is 0 Å². The smallest absolute Gasteiger partial charge is 0.337 e. The summed E-state index contributed by atoms with van der Waals surface area (Å²) in [7, 11) is -1.36. The minimum Gasteiger partial charge on any atom is -0.337 e. The molecule has 0 spiro atoms. The number of allylic oxidation sites excluding steroid dienone is 3. The highest BCUT2D eigenvalue weighted by Gasteiger charge is 2.35. The fraction of sp³-hybridized carbons (Fsp3) is 0.444. The minimum absolute atomic E-state index is 0.883. The van der Waals surface area contributed by atoms with Crippen LogP contribution in [0.4, 0.5) is 4.32 Å². The van der Waals surface area contributed by atoms with Crippen LogP contribution >= 0.6 is 45.2 Å². The fourth-order valence-corrected chi connectivity index (χ4v) is 7.69. The molecule has 1 aromatic carbocycles. The van der Waals surface area contributed by atoms with Crippen molar-refractivity contribution in [2.75, 3.05) is 0 Å². The molecular weight excluding hydrogens is 636 g/mol. The summed E-state index contributed by atoms with van der Waals surface area (Å²) < 4.78 is 20.7. The van der Waals surface area contributed by atoms with E-state index in [-0.39, 0.29) is 0 Å². The molecule has 2 aliphatic carbocycles. The summed E-state index contributed by atoms with van der Waals surface area (Å²) in [6, 6.07) is 4.58. The van der Waals surface area contributed by atoms with Gasteiger partial charge in [0.25, 0.3) is 0 Å². The van der Waals surface area contributed by atoms with Gasteiger partial charge >= 0.3 is 7.26 Å². The summed E-state index contributed by atoms with van der Waals surface area (Å²) in [5.74, 6) is 0. The van der Waals surface area contributed by atoms with Crippen LogP contribution in [0.1, 0.15) is 86.0 Å². The van der Waals surface area contributed by atoms with Crippen LogP contribution in [-0.2, 0) is 12.8 Å². The standard InChI is InChI=1S/C27H30BFI2N2/c1-15-16(2)26(19-13-22(30)18(4)23(31)14-19)27-17(3)21-10-6-8-12-25(21)33(27)28(29)32-24-11-7-5-9-20(15)24/h13-14H,5-12H2,1-4H3/b20-15+,26-16+,32-24+. The number of halogens is 3. The van der Waals surface area contributed by atoms with Crippen molar-refractivity contribution in [2.45, 2.75) is 79.1 Å². The van der Waals surface area contributed by atoms with Crippen LogP contribution in [0, 0.1) is 21.0 Å². The third-order valence-electron chi connectivity index (χ3n) is 7.89. The molecule has 1 aliphatic heterocycles. The monoisotopic (exact) mass is 666 g/mol. The van der Waals surface area contributed by atoms with E-state index in [1.807, 2.05) is 4.48 Å². The van der Waals surface area contributed by atoms with Crippen LogP contribution in [0.15, 0.2) is 33.8 Å². The molecule has 172 valence electrons. The molecule has 0 saturated heterocycles. The molecule has 5 rings (SSSR count). The Labute approximate surface area is 224 Å². The largest absolute Gasteiger partial charge is 0.611 e. The molecule has 0 radical (unpaired) electrons. The van der Waals surface area contributed by atoms with Crippen molar-refractivity contribution in [3.63, 3.8) is 0 Å². The molecule has 0 bridgehead atoms. The SMILES string of the molecule is CC1=C2/CCCC/C2=N\B(F)n2c3c(c(C)c2\C(c2cc(I)c(C)c(I)c2)=C\1C)CCCC3. The van der Waals surface area contributed by atoms with E-state index in [4.69, 9.17) is 4.90 Å². The Balaban J connectivity index is 1.91. The first-order valence-corrected chi connectivity index (χ1v) is 14.3. The molecule has 33 heavy (non-hydrogen) atoms. The Morgan fingerprint density at radius 1 is 0.848 bits per heavy atom. The van der Waals surface area contributed by atoms with Crippen molar-refractivity contribution in [3.05, 3.63) is 69.6 Å². The lowest BCUT2D eigenvalue weighted by molar-refractivity contribution is 0.657. The molecule has 3 aliphatic rings. The zero-order valence-electron chi connectivity index (χ0n) is 19.9. The normalized spacial score (nSPS) is 24.8. The topological polar surface area (TPSA) is 17.3 Å². The van der Waals surface area contributed by atoms with Crippen molar-refractivity contribution in [2.24, 2.45) is 4.90 Å². The molecule has 0 atom stereocenters. The maximum Gasteiger partial charge on any atom is 0.611 e. The Hall–Kier alpha value is -0.895. The first-order valence-electron chi connectivity index (χ1n) is 12.1. The van der Waals surface area contributed by atoms with Gasteiger partial charge in [-0.25, -0.2) is 0 Å². The molecule has 1 saturated carbocycles. The van der Waals surface area contributed by atoms with Gasteiger partial charge in [0, 0.05) is 29.8 Å². The van der Waals surface area contributed by atoms with Gasteiger partial charge in [0.05, 0.1) is 0 Å². The van der Waals surface area contributed by atoms with Crippen LogP contribution in [0.5, 0.6) is 0 Å². The van der Waals surface area contributed by atoms with Crippen molar-refractivity contribution in [3.8, 4) is 0 Å². The maximum absolute atomic E-state index is 16.3. The van der Waals surface area contributed by atoms with E-state index in [1.54, 1.807) is 0 Å². The van der Waals surface area contributed by atoms with Gasteiger partial charge < -0.3 is 4.48 Å². The number of hydrogen-bond donors (Lipinski definition) is 0. The van der Waals surface area contributed by atoms with Gasteiger partial charge in [-0.1, -0.05) is 0 Å². The lowest BCUT2D eigenvalue weighted by Crippen LogP contribution is -2.25. The Kier molecular flexibility index (Phi) is 6.70. The van der Waals surface area contributed by atoms with E-state index in [0.717, 1.165) is 56.4 Å². The van der Waals surface area contributed by atoms with Crippen molar-refractivity contribution < 1.29 is 4.32 Å². The molecule has 1 aromatic heterocycles. The average Bonchev–Trinajstić information content (AvgIpc) is 3.10. The molecule has 2 nitrogen and oxygen atoms in total. The number of hydrogen-bond acceptors (Lipinski definition) is 1. The Morgan fingerprint density at radius 2 is 1.48 bits per heavy atom. The highest BCUT2D eigenvalue weighted by molar-refractivity contribution is 14.1. The van der Waals surface area contributed by atoms with Crippen molar-refractivity contribution in [1.82, 2.24) is 4.48 Å². The minimum atomic E-state index is -1.36. The second-order valence-corrected chi connectivity index (χ2v) is 12.1. The first kappa shape index (κ1) is 23.8. The summed E-state index contributed by atoms with van der Waals surface area (Å²) in [6.45, 7) is 8.87. The summed E-state index contributed by atoms with van der Waals surface area (Å²) in [6.07, 6.45) is 8.43. The number of fused-ring (bicyclic) bond motifs is 4. The first-order chi connectivity index (χ1) is 15.8. The third-order valence-corrected chi connectivity index (χ3v) is 10.1. The van der Waals surface area contributed by atoms with E-state index in [9.17, 15) is 0 Å². The lowest BCUT2D eigenvalue weighted by atomic mass is 9.84. The molecule has 1 fully saturated rings. The number of aromatic nitrogens is 1. The summed E-state index contributed by atoms with van der Waals surface area (Å²) in [5, 5.41) is 0. The molecular formula is C27H30BFI2N2. The van der Waals surface area contributed by atoms with Gasteiger partial charge in [0.1, 0.15) is 0 Å². The van der Waals surface area contributed by atoms with E-state index in [2.05, 4.69) is 85.0 Å².